The van der Waals surface area contributed by atoms with Crippen molar-refractivity contribution in [2.75, 3.05) is 13.2 Å². The third kappa shape index (κ3) is 3.30. The first-order valence-corrected chi connectivity index (χ1v) is 4.45. The van der Waals surface area contributed by atoms with Gasteiger partial charge in [0.05, 0.1) is 6.61 Å². The number of ether oxygens (including phenoxy) is 1. The van der Waals surface area contributed by atoms with Crippen LogP contribution in [0.3, 0.4) is 0 Å². The smallest absolute Gasteiger partial charge is 0.263 e. The number of nitrogens with two attached hydrogens (primary N) is 1. The van der Waals surface area contributed by atoms with Crippen molar-refractivity contribution in [1.29, 1.82) is 0 Å². The molecule has 0 heterocycles. The third-order valence-corrected chi connectivity index (χ3v) is 1.75. The molecule has 0 saturated carbocycles. The lowest BCUT2D eigenvalue weighted by molar-refractivity contribution is 0.151. The fourth-order valence-corrected chi connectivity index (χ4v) is 0.983. The molecule has 0 spiro atoms. The fraction of sp³-hybridized carbons (Fsp3) is 0.400. The average Bonchev–Trinajstić information content (AvgIpc) is 2.19. The highest BCUT2D eigenvalue weighted by Crippen LogP contribution is 2.21. The zero-order valence-corrected chi connectivity index (χ0v) is 7.75. The van der Waals surface area contributed by atoms with Crippen molar-refractivity contribution in [1.82, 2.24) is 0 Å². The number of benzene rings is 1. The van der Waals surface area contributed by atoms with E-state index in [1.165, 1.54) is 24.3 Å². The SMILES string of the molecule is NCCCOc1ccc(C(F)F)cc1. The Morgan fingerprint density at radius 3 is 2.36 bits per heavy atom. The van der Waals surface area contributed by atoms with Gasteiger partial charge in [-0.3, -0.25) is 0 Å². The number of halogens is 2. The predicted octanol–water partition coefficient (Wildman–Crippen LogP) is 2.35. The van der Waals surface area contributed by atoms with E-state index in [1.54, 1.807) is 0 Å². The lowest BCUT2D eigenvalue weighted by Gasteiger charge is -2.05. The maximum Gasteiger partial charge on any atom is 0.263 e. The summed E-state index contributed by atoms with van der Waals surface area (Å²) < 4.78 is 29.6. The lowest BCUT2D eigenvalue weighted by Crippen LogP contribution is -2.06. The van der Waals surface area contributed by atoms with E-state index in [4.69, 9.17) is 10.5 Å². The van der Waals surface area contributed by atoms with E-state index in [9.17, 15) is 8.78 Å². The van der Waals surface area contributed by atoms with Gasteiger partial charge in [-0.2, -0.15) is 0 Å². The molecule has 0 saturated heterocycles. The largest absolute Gasteiger partial charge is 0.494 e. The van der Waals surface area contributed by atoms with Crippen LogP contribution in [-0.4, -0.2) is 13.2 Å². The quantitative estimate of drug-likeness (QED) is 0.742. The molecule has 2 N–H and O–H groups in total. The molecular weight excluding hydrogens is 188 g/mol. The second-order valence-corrected chi connectivity index (χ2v) is 2.86. The number of alkyl halides is 2. The van der Waals surface area contributed by atoms with Crippen molar-refractivity contribution in [3.05, 3.63) is 29.8 Å². The maximum atomic E-state index is 12.1. The molecule has 4 heteroatoms. The summed E-state index contributed by atoms with van der Waals surface area (Å²) >= 11 is 0. The van der Waals surface area contributed by atoms with Crippen molar-refractivity contribution in [3.8, 4) is 5.75 Å². The molecule has 0 aromatic heterocycles. The normalized spacial score (nSPS) is 10.6. The first-order chi connectivity index (χ1) is 6.74. The highest BCUT2D eigenvalue weighted by molar-refractivity contribution is 5.27. The molecule has 0 aliphatic heterocycles. The highest BCUT2D eigenvalue weighted by atomic mass is 19.3. The van der Waals surface area contributed by atoms with E-state index < -0.39 is 6.43 Å². The molecule has 0 fully saturated rings. The zero-order valence-electron chi connectivity index (χ0n) is 7.75. The molecule has 0 aliphatic carbocycles. The summed E-state index contributed by atoms with van der Waals surface area (Å²) in [5, 5.41) is 0. The molecule has 0 atom stereocenters. The third-order valence-electron chi connectivity index (χ3n) is 1.75. The molecule has 1 rings (SSSR count). The van der Waals surface area contributed by atoms with E-state index in [0.29, 0.717) is 18.9 Å². The Morgan fingerprint density at radius 1 is 1.21 bits per heavy atom. The minimum absolute atomic E-state index is 0.0103. The topological polar surface area (TPSA) is 35.2 Å². The molecule has 0 unspecified atom stereocenters. The Morgan fingerprint density at radius 2 is 1.86 bits per heavy atom. The molecule has 0 radical (unpaired) electrons. The van der Waals surface area contributed by atoms with Crippen LogP contribution < -0.4 is 10.5 Å². The average molecular weight is 201 g/mol. The summed E-state index contributed by atoms with van der Waals surface area (Å²) in [4.78, 5) is 0. The second-order valence-electron chi connectivity index (χ2n) is 2.86. The van der Waals surface area contributed by atoms with Crippen LogP contribution in [0.2, 0.25) is 0 Å². The van der Waals surface area contributed by atoms with Gasteiger partial charge in [0, 0.05) is 5.56 Å². The van der Waals surface area contributed by atoms with Crippen LogP contribution >= 0.6 is 0 Å². The summed E-state index contributed by atoms with van der Waals surface area (Å²) in [5.74, 6) is 0.600. The van der Waals surface area contributed by atoms with Gasteiger partial charge in [-0.15, -0.1) is 0 Å². The van der Waals surface area contributed by atoms with Crippen molar-refractivity contribution in [3.63, 3.8) is 0 Å². The molecule has 0 aliphatic rings. The predicted molar refractivity (Wildman–Crippen MR) is 50.6 cm³/mol. The Hall–Kier alpha value is -1.16. The van der Waals surface area contributed by atoms with Crippen LogP contribution in [0.4, 0.5) is 8.78 Å². The first-order valence-electron chi connectivity index (χ1n) is 4.45. The standard InChI is InChI=1S/C10H13F2NO/c11-10(12)8-2-4-9(5-3-8)14-7-1-6-13/h2-5,10H,1,6-7,13H2. The van der Waals surface area contributed by atoms with Crippen molar-refractivity contribution < 1.29 is 13.5 Å². The summed E-state index contributed by atoms with van der Waals surface area (Å²) in [6, 6.07) is 5.81. The van der Waals surface area contributed by atoms with Gasteiger partial charge in [0.2, 0.25) is 0 Å². The summed E-state index contributed by atoms with van der Waals surface area (Å²) in [5.41, 5.74) is 5.29. The van der Waals surface area contributed by atoms with E-state index in [0.717, 1.165) is 6.42 Å². The molecule has 0 bridgehead atoms. The Labute approximate surface area is 81.7 Å². The summed E-state index contributed by atoms with van der Waals surface area (Å²) in [6.45, 7) is 1.08. The summed E-state index contributed by atoms with van der Waals surface area (Å²) in [6.07, 6.45) is -1.66. The van der Waals surface area contributed by atoms with Gasteiger partial charge in [-0.25, -0.2) is 8.78 Å². The monoisotopic (exact) mass is 201 g/mol. The van der Waals surface area contributed by atoms with Crippen molar-refractivity contribution in [2.24, 2.45) is 5.73 Å². The molecule has 0 amide bonds. The van der Waals surface area contributed by atoms with Crippen LogP contribution in [0.25, 0.3) is 0 Å². The number of rotatable bonds is 5. The number of hydrogen-bond donors (Lipinski definition) is 1. The highest BCUT2D eigenvalue weighted by Gasteiger charge is 2.05. The molecule has 1 aromatic carbocycles. The van der Waals surface area contributed by atoms with Gasteiger partial charge >= 0.3 is 0 Å². The van der Waals surface area contributed by atoms with Gasteiger partial charge in [0.25, 0.3) is 6.43 Å². The van der Waals surface area contributed by atoms with Gasteiger partial charge < -0.3 is 10.5 Å². The van der Waals surface area contributed by atoms with E-state index in [-0.39, 0.29) is 5.56 Å². The molecular formula is C10H13F2NO. The minimum atomic E-state index is -2.42. The van der Waals surface area contributed by atoms with Crippen LogP contribution in [0.1, 0.15) is 18.4 Å². The van der Waals surface area contributed by atoms with Gasteiger partial charge in [0.1, 0.15) is 5.75 Å². The zero-order chi connectivity index (χ0) is 10.4. The van der Waals surface area contributed by atoms with Crippen LogP contribution in [0.5, 0.6) is 5.75 Å². The van der Waals surface area contributed by atoms with E-state index >= 15 is 0 Å². The maximum absolute atomic E-state index is 12.1. The minimum Gasteiger partial charge on any atom is -0.494 e. The molecule has 2 nitrogen and oxygen atoms in total. The van der Waals surface area contributed by atoms with Crippen LogP contribution in [0, 0.1) is 0 Å². The van der Waals surface area contributed by atoms with Crippen molar-refractivity contribution >= 4 is 0 Å². The molecule has 14 heavy (non-hydrogen) atoms. The van der Waals surface area contributed by atoms with Gasteiger partial charge in [-0.1, -0.05) is 0 Å². The number of hydrogen-bond acceptors (Lipinski definition) is 2. The van der Waals surface area contributed by atoms with Gasteiger partial charge in [-0.05, 0) is 37.2 Å². The lowest BCUT2D eigenvalue weighted by atomic mass is 10.2. The first kappa shape index (κ1) is 10.9. The van der Waals surface area contributed by atoms with Crippen LogP contribution in [-0.2, 0) is 0 Å². The fourth-order valence-electron chi connectivity index (χ4n) is 0.983. The molecule has 1 aromatic rings. The Balaban J connectivity index is 2.47. The van der Waals surface area contributed by atoms with Crippen molar-refractivity contribution in [2.45, 2.75) is 12.8 Å². The molecule has 78 valence electrons. The van der Waals surface area contributed by atoms with Gasteiger partial charge in [0.15, 0.2) is 0 Å². The second kappa shape index (κ2) is 5.54. The van der Waals surface area contributed by atoms with Crippen LogP contribution in [0.15, 0.2) is 24.3 Å². The van der Waals surface area contributed by atoms with E-state index in [2.05, 4.69) is 0 Å². The summed E-state index contributed by atoms with van der Waals surface area (Å²) in [7, 11) is 0. The Bertz CT molecular complexity index is 261. The van der Waals surface area contributed by atoms with E-state index in [1.807, 2.05) is 0 Å². The Kier molecular flexibility index (Phi) is 4.32.